The van der Waals surface area contributed by atoms with Crippen LogP contribution in [0.2, 0.25) is 0 Å². The number of ether oxygens (including phenoxy) is 1. The molecule has 1 aromatic rings. The molecule has 0 saturated heterocycles. The third-order valence-corrected chi connectivity index (χ3v) is 4.10. The Labute approximate surface area is 111 Å². The Hall–Kier alpha value is -0.540. The van der Waals surface area contributed by atoms with Crippen molar-refractivity contribution >= 4 is 15.9 Å². The molecule has 0 spiro atoms. The molecule has 0 amide bonds. The zero-order valence-corrected chi connectivity index (χ0v) is 11.7. The topological polar surface area (TPSA) is 29.5 Å². The van der Waals surface area contributed by atoms with Crippen molar-refractivity contribution in [2.45, 2.75) is 38.2 Å². The third kappa shape index (κ3) is 3.02. The van der Waals surface area contributed by atoms with Gasteiger partial charge in [-0.2, -0.15) is 0 Å². The van der Waals surface area contributed by atoms with Gasteiger partial charge in [0.1, 0.15) is 5.75 Å². The molecule has 0 heterocycles. The molecule has 1 aromatic carbocycles. The van der Waals surface area contributed by atoms with Gasteiger partial charge in [0.05, 0.1) is 13.2 Å². The second-order valence-corrected chi connectivity index (χ2v) is 5.64. The number of methoxy groups -OCH3 is 1. The quantitative estimate of drug-likeness (QED) is 0.911. The number of halogens is 1. The summed E-state index contributed by atoms with van der Waals surface area (Å²) in [5, 5.41) is 10.5. The predicted molar refractivity (Wildman–Crippen MR) is 72.2 cm³/mol. The van der Waals surface area contributed by atoms with E-state index in [1.165, 1.54) is 19.3 Å². The lowest BCUT2D eigenvalue weighted by Gasteiger charge is -2.27. The Morgan fingerprint density at radius 2 is 2.00 bits per heavy atom. The molecule has 1 aliphatic carbocycles. The lowest BCUT2D eigenvalue weighted by atomic mass is 9.82. The molecule has 2 rings (SSSR count). The van der Waals surface area contributed by atoms with E-state index in [9.17, 15) is 5.11 Å². The first-order chi connectivity index (χ1) is 8.22. The van der Waals surface area contributed by atoms with Gasteiger partial charge in [-0.05, 0) is 30.9 Å². The summed E-state index contributed by atoms with van der Waals surface area (Å²) in [7, 11) is 1.65. The third-order valence-electron chi connectivity index (χ3n) is 3.61. The molecular weight excluding hydrogens is 280 g/mol. The van der Waals surface area contributed by atoms with E-state index in [0.717, 1.165) is 28.6 Å². The van der Waals surface area contributed by atoms with Crippen molar-refractivity contribution < 1.29 is 9.84 Å². The highest BCUT2D eigenvalue weighted by Gasteiger charge is 2.25. The number of benzene rings is 1. The Bertz CT molecular complexity index is 372. The highest BCUT2D eigenvalue weighted by molar-refractivity contribution is 9.10. The number of hydrogen-bond acceptors (Lipinski definition) is 2. The lowest BCUT2D eigenvalue weighted by Crippen LogP contribution is -2.16. The number of rotatable bonds is 3. The fourth-order valence-electron chi connectivity index (χ4n) is 2.63. The molecule has 1 atom stereocenters. The van der Waals surface area contributed by atoms with Crippen molar-refractivity contribution in [2.24, 2.45) is 5.92 Å². The summed E-state index contributed by atoms with van der Waals surface area (Å²) in [5.74, 6) is 1.16. The minimum atomic E-state index is -0.390. The average molecular weight is 299 g/mol. The standard InChI is InChI=1S/C14H19BrO2/c1-17-13-9-11(15)7-8-12(13)14(16)10-5-3-2-4-6-10/h7-10,14,16H,2-6H2,1H3. The maximum absolute atomic E-state index is 10.5. The van der Waals surface area contributed by atoms with Crippen LogP contribution in [-0.4, -0.2) is 12.2 Å². The van der Waals surface area contributed by atoms with Crippen molar-refractivity contribution in [1.82, 2.24) is 0 Å². The van der Waals surface area contributed by atoms with Crippen molar-refractivity contribution in [3.63, 3.8) is 0 Å². The molecule has 0 aliphatic heterocycles. The molecule has 0 aromatic heterocycles. The monoisotopic (exact) mass is 298 g/mol. The molecule has 0 bridgehead atoms. The summed E-state index contributed by atoms with van der Waals surface area (Å²) in [4.78, 5) is 0. The molecule has 1 N–H and O–H groups in total. The van der Waals surface area contributed by atoms with Crippen LogP contribution >= 0.6 is 15.9 Å². The maximum atomic E-state index is 10.5. The molecule has 2 nitrogen and oxygen atoms in total. The Kier molecular flexibility index (Phi) is 4.46. The summed E-state index contributed by atoms with van der Waals surface area (Å²) in [6.07, 6.45) is 5.64. The fraction of sp³-hybridized carbons (Fsp3) is 0.571. The van der Waals surface area contributed by atoms with Gasteiger partial charge >= 0.3 is 0 Å². The van der Waals surface area contributed by atoms with E-state index in [1.807, 2.05) is 18.2 Å². The smallest absolute Gasteiger partial charge is 0.125 e. The summed E-state index contributed by atoms with van der Waals surface area (Å²) in [6, 6.07) is 5.84. The molecule has 1 saturated carbocycles. The van der Waals surface area contributed by atoms with E-state index in [2.05, 4.69) is 15.9 Å². The molecule has 1 aliphatic rings. The van der Waals surface area contributed by atoms with E-state index < -0.39 is 6.10 Å². The van der Waals surface area contributed by atoms with Crippen LogP contribution in [0.1, 0.15) is 43.8 Å². The highest BCUT2D eigenvalue weighted by Crippen LogP contribution is 2.38. The van der Waals surface area contributed by atoms with E-state index >= 15 is 0 Å². The second-order valence-electron chi connectivity index (χ2n) is 4.73. The average Bonchev–Trinajstić information content (AvgIpc) is 2.39. The molecule has 0 radical (unpaired) electrons. The molecule has 94 valence electrons. The molecule has 1 unspecified atom stereocenters. The van der Waals surface area contributed by atoms with Crippen molar-refractivity contribution in [3.05, 3.63) is 28.2 Å². The number of aliphatic hydroxyl groups is 1. The zero-order valence-electron chi connectivity index (χ0n) is 10.2. The Balaban J connectivity index is 2.19. The summed E-state index contributed by atoms with van der Waals surface area (Å²) >= 11 is 3.42. The molecule has 1 fully saturated rings. The van der Waals surface area contributed by atoms with Gasteiger partial charge in [0, 0.05) is 10.0 Å². The van der Waals surface area contributed by atoms with Crippen LogP contribution in [0, 0.1) is 5.92 Å². The van der Waals surface area contributed by atoms with Gasteiger partial charge in [-0.3, -0.25) is 0 Å². The van der Waals surface area contributed by atoms with Gasteiger partial charge in [-0.1, -0.05) is 41.3 Å². The van der Waals surface area contributed by atoms with Crippen molar-refractivity contribution in [1.29, 1.82) is 0 Å². The van der Waals surface area contributed by atoms with Crippen molar-refractivity contribution in [2.75, 3.05) is 7.11 Å². The largest absolute Gasteiger partial charge is 0.496 e. The predicted octanol–water partition coefficient (Wildman–Crippen LogP) is 4.07. The lowest BCUT2D eigenvalue weighted by molar-refractivity contribution is 0.0824. The SMILES string of the molecule is COc1cc(Br)ccc1C(O)C1CCCCC1. The van der Waals surface area contributed by atoms with Gasteiger partial charge in [0.2, 0.25) is 0 Å². The van der Waals surface area contributed by atoms with Gasteiger partial charge in [-0.15, -0.1) is 0 Å². The minimum absolute atomic E-state index is 0.388. The van der Waals surface area contributed by atoms with Crippen LogP contribution in [0.25, 0.3) is 0 Å². The number of aliphatic hydroxyl groups excluding tert-OH is 1. The summed E-state index contributed by atoms with van der Waals surface area (Å²) in [5.41, 5.74) is 0.919. The van der Waals surface area contributed by atoms with Crippen LogP contribution < -0.4 is 4.74 Å². The molecule has 17 heavy (non-hydrogen) atoms. The Morgan fingerprint density at radius 3 is 2.65 bits per heavy atom. The van der Waals surface area contributed by atoms with Crippen LogP contribution in [0.3, 0.4) is 0 Å². The first-order valence-electron chi connectivity index (χ1n) is 6.24. The summed E-state index contributed by atoms with van der Waals surface area (Å²) < 4.78 is 6.33. The van der Waals surface area contributed by atoms with Gasteiger partial charge < -0.3 is 9.84 Å². The van der Waals surface area contributed by atoms with Crippen LogP contribution in [-0.2, 0) is 0 Å². The van der Waals surface area contributed by atoms with Gasteiger partial charge in [0.25, 0.3) is 0 Å². The van der Waals surface area contributed by atoms with E-state index in [1.54, 1.807) is 7.11 Å². The normalized spacial score (nSPS) is 19.0. The van der Waals surface area contributed by atoms with Gasteiger partial charge in [0.15, 0.2) is 0 Å². The van der Waals surface area contributed by atoms with Gasteiger partial charge in [-0.25, -0.2) is 0 Å². The summed E-state index contributed by atoms with van der Waals surface area (Å²) in [6.45, 7) is 0. The van der Waals surface area contributed by atoms with Crippen LogP contribution in [0.5, 0.6) is 5.75 Å². The first-order valence-corrected chi connectivity index (χ1v) is 7.03. The van der Waals surface area contributed by atoms with E-state index in [-0.39, 0.29) is 0 Å². The Morgan fingerprint density at radius 1 is 1.29 bits per heavy atom. The zero-order chi connectivity index (χ0) is 12.3. The molecule has 3 heteroatoms. The number of hydrogen-bond donors (Lipinski definition) is 1. The van der Waals surface area contributed by atoms with Crippen LogP contribution in [0.4, 0.5) is 0 Å². The first kappa shape index (κ1) is 12.9. The highest BCUT2D eigenvalue weighted by atomic mass is 79.9. The van der Waals surface area contributed by atoms with Crippen molar-refractivity contribution in [3.8, 4) is 5.75 Å². The second kappa shape index (κ2) is 5.87. The fourth-order valence-corrected chi connectivity index (χ4v) is 2.97. The molecular formula is C14H19BrO2. The maximum Gasteiger partial charge on any atom is 0.125 e. The van der Waals surface area contributed by atoms with Crippen LogP contribution in [0.15, 0.2) is 22.7 Å². The van der Waals surface area contributed by atoms with E-state index in [0.29, 0.717) is 5.92 Å². The van der Waals surface area contributed by atoms with E-state index in [4.69, 9.17) is 4.74 Å². The minimum Gasteiger partial charge on any atom is -0.496 e.